The number of carbonyl (C=O) groups excluding carboxylic acids is 1. The van der Waals surface area contributed by atoms with Crippen molar-refractivity contribution in [2.75, 3.05) is 0 Å². The molecule has 126 valence electrons. The summed E-state index contributed by atoms with van der Waals surface area (Å²) in [6, 6.07) is 9.66. The Morgan fingerprint density at radius 2 is 2.08 bits per heavy atom. The van der Waals surface area contributed by atoms with Crippen LogP contribution in [0.1, 0.15) is 18.1 Å². The average molecular weight is 337 g/mol. The van der Waals surface area contributed by atoms with Crippen molar-refractivity contribution in [3.63, 3.8) is 0 Å². The molecule has 1 amide bonds. The molecule has 2 heterocycles. The van der Waals surface area contributed by atoms with Crippen molar-refractivity contribution in [1.82, 2.24) is 25.1 Å². The highest BCUT2D eigenvalue weighted by Crippen LogP contribution is 2.14. The standard InChI is InChI=1S/C18H16FN5O/c1-13(14-4-6-16(19)7-5-14)9-17(25)22-10-15-3-2-8-21-18(15)24-12-20-11-23-24/h2-9,11-12H,10H2,1H3,(H,22,25). The third-order valence-electron chi connectivity index (χ3n) is 3.60. The molecular formula is C18H16FN5O. The fourth-order valence-corrected chi connectivity index (χ4v) is 2.32. The summed E-state index contributed by atoms with van der Waals surface area (Å²) >= 11 is 0. The van der Waals surface area contributed by atoms with Crippen LogP contribution < -0.4 is 5.32 Å². The minimum absolute atomic E-state index is 0.241. The number of nitrogens with zero attached hydrogens (tertiary/aromatic N) is 4. The quantitative estimate of drug-likeness (QED) is 0.726. The van der Waals surface area contributed by atoms with Crippen molar-refractivity contribution in [2.24, 2.45) is 0 Å². The van der Waals surface area contributed by atoms with Gasteiger partial charge in [-0.3, -0.25) is 4.79 Å². The third-order valence-corrected chi connectivity index (χ3v) is 3.60. The summed E-state index contributed by atoms with van der Waals surface area (Å²) < 4.78 is 14.5. The van der Waals surface area contributed by atoms with Crippen LogP contribution in [0.3, 0.4) is 0 Å². The number of hydrogen-bond donors (Lipinski definition) is 1. The molecule has 0 fully saturated rings. The van der Waals surface area contributed by atoms with Crippen molar-refractivity contribution in [3.8, 4) is 5.82 Å². The minimum Gasteiger partial charge on any atom is -0.348 e. The Morgan fingerprint density at radius 3 is 2.80 bits per heavy atom. The summed E-state index contributed by atoms with van der Waals surface area (Å²) in [7, 11) is 0. The monoisotopic (exact) mass is 337 g/mol. The minimum atomic E-state index is -0.307. The molecule has 3 aromatic rings. The summed E-state index contributed by atoms with van der Waals surface area (Å²) in [4.78, 5) is 20.3. The SMILES string of the molecule is CC(=CC(=O)NCc1cccnc1-n1cncn1)c1ccc(F)cc1. The van der Waals surface area contributed by atoms with Gasteiger partial charge in [0, 0.05) is 24.4 Å². The molecule has 0 radical (unpaired) electrons. The predicted molar refractivity (Wildman–Crippen MR) is 91.1 cm³/mol. The van der Waals surface area contributed by atoms with Crippen molar-refractivity contribution in [3.05, 3.63) is 78.3 Å². The molecule has 0 saturated carbocycles. The van der Waals surface area contributed by atoms with Crippen molar-refractivity contribution < 1.29 is 9.18 Å². The van der Waals surface area contributed by atoms with Crippen LogP contribution in [0.5, 0.6) is 0 Å². The van der Waals surface area contributed by atoms with Crippen LogP contribution in [0.15, 0.2) is 61.3 Å². The van der Waals surface area contributed by atoms with Crippen LogP contribution >= 0.6 is 0 Å². The molecule has 7 heteroatoms. The van der Waals surface area contributed by atoms with E-state index in [0.717, 1.165) is 16.7 Å². The molecule has 0 aliphatic carbocycles. The number of allylic oxidation sites excluding steroid dienone is 1. The van der Waals surface area contributed by atoms with Crippen LogP contribution in [0.2, 0.25) is 0 Å². The molecule has 0 atom stereocenters. The first kappa shape index (κ1) is 16.5. The Balaban J connectivity index is 1.69. The van der Waals surface area contributed by atoms with Crippen molar-refractivity contribution >= 4 is 11.5 Å². The third kappa shape index (κ3) is 4.14. The van der Waals surface area contributed by atoms with Gasteiger partial charge in [0.2, 0.25) is 5.91 Å². The maximum atomic E-state index is 13.0. The molecule has 0 unspecified atom stereocenters. The van der Waals surface area contributed by atoms with Gasteiger partial charge in [-0.2, -0.15) is 5.10 Å². The van der Waals surface area contributed by atoms with Gasteiger partial charge in [-0.25, -0.2) is 19.0 Å². The highest BCUT2D eigenvalue weighted by atomic mass is 19.1. The molecule has 0 aliphatic rings. The number of hydrogen-bond acceptors (Lipinski definition) is 4. The number of nitrogens with one attached hydrogen (secondary N) is 1. The molecule has 0 spiro atoms. The van der Waals surface area contributed by atoms with Gasteiger partial charge < -0.3 is 5.32 Å². The van der Waals surface area contributed by atoms with Gasteiger partial charge in [-0.15, -0.1) is 0 Å². The Kier molecular flexibility index (Phi) is 4.94. The topological polar surface area (TPSA) is 72.7 Å². The lowest BCUT2D eigenvalue weighted by Gasteiger charge is -2.08. The molecule has 0 aliphatic heterocycles. The summed E-state index contributed by atoms with van der Waals surface area (Å²) in [5.41, 5.74) is 2.36. The van der Waals surface area contributed by atoms with E-state index in [2.05, 4.69) is 20.4 Å². The normalized spacial score (nSPS) is 11.4. The summed E-state index contributed by atoms with van der Waals surface area (Å²) in [6.07, 6.45) is 6.11. The number of halogens is 1. The van der Waals surface area contributed by atoms with E-state index < -0.39 is 0 Å². The number of pyridine rings is 1. The van der Waals surface area contributed by atoms with E-state index in [4.69, 9.17) is 0 Å². The molecule has 6 nitrogen and oxygen atoms in total. The fourth-order valence-electron chi connectivity index (χ4n) is 2.32. The molecule has 1 N–H and O–H groups in total. The van der Waals surface area contributed by atoms with E-state index in [0.29, 0.717) is 12.4 Å². The van der Waals surface area contributed by atoms with Crippen LogP contribution in [0.4, 0.5) is 4.39 Å². The number of benzene rings is 1. The average Bonchev–Trinajstić information content (AvgIpc) is 3.15. The zero-order chi connectivity index (χ0) is 17.6. The molecule has 2 aromatic heterocycles. The first-order valence-electron chi connectivity index (χ1n) is 7.64. The van der Waals surface area contributed by atoms with Gasteiger partial charge >= 0.3 is 0 Å². The Labute approximate surface area is 144 Å². The smallest absolute Gasteiger partial charge is 0.244 e. The number of aromatic nitrogens is 4. The van der Waals surface area contributed by atoms with Crippen LogP contribution in [-0.2, 0) is 11.3 Å². The van der Waals surface area contributed by atoms with Gasteiger partial charge in [-0.05, 0) is 36.3 Å². The van der Waals surface area contributed by atoms with E-state index in [-0.39, 0.29) is 11.7 Å². The first-order valence-corrected chi connectivity index (χ1v) is 7.64. The van der Waals surface area contributed by atoms with E-state index in [1.165, 1.54) is 24.5 Å². The highest BCUT2D eigenvalue weighted by Gasteiger charge is 2.08. The zero-order valence-electron chi connectivity index (χ0n) is 13.6. The van der Waals surface area contributed by atoms with Crippen molar-refractivity contribution in [2.45, 2.75) is 13.5 Å². The van der Waals surface area contributed by atoms with E-state index >= 15 is 0 Å². The van der Waals surface area contributed by atoms with Gasteiger partial charge in [0.15, 0.2) is 5.82 Å². The highest BCUT2D eigenvalue weighted by molar-refractivity contribution is 5.94. The lowest BCUT2D eigenvalue weighted by molar-refractivity contribution is -0.116. The van der Waals surface area contributed by atoms with E-state index in [1.807, 2.05) is 6.07 Å². The Morgan fingerprint density at radius 1 is 1.28 bits per heavy atom. The van der Waals surface area contributed by atoms with Crippen LogP contribution in [0, 0.1) is 5.82 Å². The lowest BCUT2D eigenvalue weighted by Crippen LogP contribution is -2.22. The Hall–Kier alpha value is -3.35. The van der Waals surface area contributed by atoms with E-state index in [9.17, 15) is 9.18 Å². The lowest BCUT2D eigenvalue weighted by atomic mass is 10.1. The molecule has 0 bridgehead atoms. The molecule has 3 rings (SSSR count). The number of carbonyl (C=O) groups is 1. The second kappa shape index (κ2) is 7.48. The summed E-state index contributed by atoms with van der Waals surface area (Å²) in [6.45, 7) is 2.10. The second-order valence-electron chi connectivity index (χ2n) is 5.38. The van der Waals surface area contributed by atoms with Gasteiger partial charge in [0.1, 0.15) is 18.5 Å². The fraction of sp³-hybridized carbons (Fsp3) is 0.111. The van der Waals surface area contributed by atoms with Crippen LogP contribution in [-0.4, -0.2) is 25.7 Å². The predicted octanol–water partition coefficient (Wildman–Crippen LogP) is 2.52. The second-order valence-corrected chi connectivity index (χ2v) is 5.38. The first-order chi connectivity index (χ1) is 12.1. The summed E-state index contributed by atoms with van der Waals surface area (Å²) in [5, 5.41) is 6.88. The largest absolute Gasteiger partial charge is 0.348 e. The summed E-state index contributed by atoms with van der Waals surface area (Å²) in [5.74, 6) is 0.0629. The van der Waals surface area contributed by atoms with Gasteiger partial charge in [0.05, 0.1) is 0 Å². The number of rotatable bonds is 5. The number of amides is 1. The molecule has 0 saturated heterocycles. The Bertz CT molecular complexity index is 888. The van der Waals surface area contributed by atoms with Gasteiger partial charge in [-0.1, -0.05) is 18.2 Å². The van der Waals surface area contributed by atoms with Gasteiger partial charge in [0.25, 0.3) is 0 Å². The van der Waals surface area contributed by atoms with Crippen molar-refractivity contribution in [1.29, 1.82) is 0 Å². The van der Waals surface area contributed by atoms with E-state index in [1.54, 1.807) is 42.3 Å². The maximum absolute atomic E-state index is 13.0. The van der Waals surface area contributed by atoms with Crippen LogP contribution in [0.25, 0.3) is 11.4 Å². The molecular weight excluding hydrogens is 321 g/mol. The molecule has 1 aromatic carbocycles. The zero-order valence-corrected chi connectivity index (χ0v) is 13.6. The molecule has 25 heavy (non-hydrogen) atoms. The maximum Gasteiger partial charge on any atom is 0.244 e.